The monoisotopic (exact) mass is 1130 g/mol. The van der Waals surface area contributed by atoms with Crippen LogP contribution >= 0.6 is 0 Å². The second-order valence-corrected chi connectivity index (χ2v) is 23.8. The van der Waals surface area contributed by atoms with Crippen LogP contribution in [0.1, 0.15) is 367 Å². The summed E-state index contributed by atoms with van der Waals surface area (Å²) in [6, 6.07) is 0. The van der Waals surface area contributed by atoms with Crippen LogP contribution < -0.4 is 0 Å². The van der Waals surface area contributed by atoms with Crippen molar-refractivity contribution in [1.82, 2.24) is 0 Å². The summed E-state index contributed by atoms with van der Waals surface area (Å²) in [5.41, 5.74) is 0. The van der Waals surface area contributed by atoms with E-state index in [1.165, 1.54) is 244 Å². The van der Waals surface area contributed by atoms with E-state index in [4.69, 9.17) is 14.2 Å². The van der Waals surface area contributed by atoms with Crippen LogP contribution in [-0.4, -0.2) is 37.2 Å². The third-order valence-electron chi connectivity index (χ3n) is 15.7. The molecule has 0 heterocycles. The van der Waals surface area contributed by atoms with Gasteiger partial charge in [0.05, 0.1) is 0 Å². The first-order valence-electron chi connectivity index (χ1n) is 35.4. The van der Waals surface area contributed by atoms with Crippen LogP contribution in [0.15, 0.2) is 72.9 Å². The fourth-order valence-corrected chi connectivity index (χ4v) is 10.3. The zero-order chi connectivity index (χ0) is 58.5. The average Bonchev–Trinajstić information content (AvgIpc) is 3.47. The molecule has 0 saturated heterocycles. The quantitative estimate of drug-likeness (QED) is 0.0261. The van der Waals surface area contributed by atoms with Gasteiger partial charge in [0.15, 0.2) is 6.10 Å². The molecule has 0 aromatic carbocycles. The van der Waals surface area contributed by atoms with Crippen molar-refractivity contribution in [3.63, 3.8) is 0 Å². The smallest absolute Gasteiger partial charge is 0.306 e. The molecule has 0 aliphatic rings. The van der Waals surface area contributed by atoms with Gasteiger partial charge in [0.25, 0.3) is 0 Å². The Bertz CT molecular complexity index is 1490. The van der Waals surface area contributed by atoms with Gasteiger partial charge in [-0.2, -0.15) is 0 Å². The van der Waals surface area contributed by atoms with Crippen molar-refractivity contribution in [2.75, 3.05) is 13.2 Å². The standard InChI is InChI=1S/C75H134O6/c1-4-7-10-13-16-19-22-25-28-31-34-36-37-39-41-44-47-50-53-56-59-62-65-68-74(77)80-71-72(70-79-73(76)67-64-61-58-55-52-49-46-43-40-33-30-27-24-21-18-15-12-9-6-3)81-75(78)69-66-63-60-57-54-51-48-45-42-38-35-32-29-26-23-20-17-14-11-8-5-2/h18,21,23,26-27,30-32,34-35,40,43,72H,4-17,19-20,22,24-25,28-29,33,36-39,41-42,44-71H2,1-3H3/b21-18-,26-23-,30-27-,34-31-,35-32-,43-40-. The molecule has 470 valence electrons. The van der Waals surface area contributed by atoms with Crippen LogP contribution in [0.5, 0.6) is 0 Å². The Labute approximate surface area is 503 Å². The molecule has 0 spiro atoms. The number of rotatable bonds is 65. The minimum atomic E-state index is -0.786. The van der Waals surface area contributed by atoms with Crippen LogP contribution in [0.3, 0.4) is 0 Å². The number of carbonyl (C=O) groups is 3. The van der Waals surface area contributed by atoms with Gasteiger partial charge in [-0.25, -0.2) is 0 Å². The van der Waals surface area contributed by atoms with Crippen LogP contribution in [0.25, 0.3) is 0 Å². The Morgan fingerprint density at radius 1 is 0.247 bits per heavy atom. The lowest BCUT2D eigenvalue weighted by Crippen LogP contribution is -2.30. The highest BCUT2D eigenvalue weighted by Gasteiger charge is 2.19. The van der Waals surface area contributed by atoms with E-state index in [2.05, 4.69) is 93.7 Å². The minimum Gasteiger partial charge on any atom is -0.462 e. The van der Waals surface area contributed by atoms with Gasteiger partial charge in [-0.05, 0) is 116 Å². The van der Waals surface area contributed by atoms with Crippen molar-refractivity contribution < 1.29 is 28.6 Å². The summed E-state index contributed by atoms with van der Waals surface area (Å²) in [6.45, 7) is 6.64. The van der Waals surface area contributed by atoms with Gasteiger partial charge in [0.1, 0.15) is 13.2 Å². The van der Waals surface area contributed by atoms with Gasteiger partial charge in [-0.1, -0.05) is 306 Å². The molecule has 0 aliphatic carbocycles. The lowest BCUT2D eigenvalue weighted by Gasteiger charge is -2.18. The van der Waals surface area contributed by atoms with E-state index in [0.717, 1.165) is 83.5 Å². The van der Waals surface area contributed by atoms with E-state index < -0.39 is 6.10 Å². The molecule has 1 atom stereocenters. The first-order chi connectivity index (χ1) is 40.0. The molecule has 0 saturated carbocycles. The maximum atomic E-state index is 13.0. The van der Waals surface area contributed by atoms with Gasteiger partial charge in [-0.3, -0.25) is 14.4 Å². The van der Waals surface area contributed by atoms with Crippen molar-refractivity contribution in [2.24, 2.45) is 0 Å². The van der Waals surface area contributed by atoms with Gasteiger partial charge >= 0.3 is 17.9 Å². The number of unbranched alkanes of at least 4 members (excludes halogenated alkanes) is 42. The first-order valence-corrected chi connectivity index (χ1v) is 35.4. The van der Waals surface area contributed by atoms with E-state index >= 15 is 0 Å². The lowest BCUT2D eigenvalue weighted by molar-refractivity contribution is -0.167. The molecule has 0 fully saturated rings. The van der Waals surface area contributed by atoms with Crippen molar-refractivity contribution in [3.05, 3.63) is 72.9 Å². The summed E-state index contributed by atoms with van der Waals surface area (Å²) in [5, 5.41) is 0. The number of hydrogen-bond acceptors (Lipinski definition) is 6. The summed E-state index contributed by atoms with van der Waals surface area (Å²) in [6.07, 6.45) is 90.6. The Morgan fingerprint density at radius 2 is 0.444 bits per heavy atom. The Balaban J connectivity index is 4.37. The number of hydrogen-bond donors (Lipinski definition) is 0. The van der Waals surface area contributed by atoms with Crippen molar-refractivity contribution in [2.45, 2.75) is 374 Å². The molecule has 0 aromatic rings. The van der Waals surface area contributed by atoms with E-state index in [1.807, 2.05) is 0 Å². The van der Waals surface area contributed by atoms with Crippen molar-refractivity contribution in [3.8, 4) is 0 Å². The zero-order valence-electron chi connectivity index (χ0n) is 54.1. The summed E-state index contributed by atoms with van der Waals surface area (Å²) in [7, 11) is 0. The Hall–Kier alpha value is -3.15. The van der Waals surface area contributed by atoms with Crippen LogP contribution in [0, 0.1) is 0 Å². The molecule has 81 heavy (non-hydrogen) atoms. The van der Waals surface area contributed by atoms with Gasteiger partial charge in [0, 0.05) is 19.3 Å². The summed E-state index contributed by atoms with van der Waals surface area (Å²) < 4.78 is 17.0. The molecule has 0 bridgehead atoms. The van der Waals surface area contributed by atoms with Gasteiger partial charge < -0.3 is 14.2 Å². The largest absolute Gasteiger partial charge is 0.462 e. The summed E-state index contributed by atoms with van der Waals surface area (Å²) in [4.78, 5) is 38.5. The van der Waals surface area contributed by atoms with Crippen LogP contribution in [0.2, 0.25) is 0 Å². The Kier molecular flexibility index (Phi) is 66.6. The normalized spacial score (nSPS) is 12.5. The topological polar surface area (TPSA) is 78.9 Å². The van der Waals surface area contributed by atoms with Gasteiger partial charge in [-0.15, -0.1) is 0 Å². The van der Waals surface area contributed by atoms with E-state index in [1.54, 1.807) is 0 Å². The SMILES string of the molecule is CCCCC/C=C\C/C=C\C/C=C\CCCCCCCCC(=O)OCC(COC(=O)CCCCCCCCCCCCC/C=C\CCCCCCCCCC)OC(=O)CCCCCCCCCCC/C=C\C/C=C\CCCCCCC. The maximum Gasteiger partial charge on any atom is 0.306 e. The summed E-state index contributed by atoms with van der Waals surface area (Å²) in [5.74, 6) is -0.877. The molecule has 1 unspecified atom stereocenters. The van der Waals surface area contributed by atoms with Crippen LogP contribution in [0.4, 0.5) is 0 Å². The molecular weight excluding hydrogens is 997 g/mol. The predicted octanol–water partition coefficient (Wildman–Crippen LogP) is 24.4. The molecule has 0 radical (unpaired) electrons. The summed E-state index contributed by atoms with van der Waals surface area (Å²) >= 11 is 0. The second kappa shape index (κ2) is 69.3. The van der Waals surface area contributed by atoms with Crippen molar-refractivity contribution >= 4 is 17.9 Å². The fourth-order valence-electron chi connectivity index (χ4n) is 10.3. The van der Waals surface area contributed by atoms with E-state index in [-0.39, 0.29) is 31.1 Å². The number of esters is 3. The van der Waals surface area contributed by atoms with Crippen LogP contribution in [-0.2, 0) is 28.6 Å². The predicted molar refractivity (Wildman–Crippen MR) is 353 cm³/mol. The molecule has 0 rings (SSSR count). The lowest BCUT2D eigenvalue weighted by atomic mass is 10.0. The minimum absolute atomic E-state index is 0.0798. The highest BCUT2D eigenvalue weighted by Crippen LogP contribution is 2.17. The van der Waals surface area contributed by atoms with Crippen molar-refractivity contribution in [1.29, 1.82) is 0 Å². The molecule has 0 aromatic heterocycles. The molecule has 0 amide bonds. The Morgan fingerprint density at radius 3 is 0.728 bits per heavy atom. The number of carbonyl (C=O) groups excluding carboxylic acids is 3. The third-order valence-corrected chi connectivity index (χ3v) is 15.7. The molecular formula is C75H134O6. The maximum absolute atomic E-state index is 13.0. The molecule has 0 N–H and O–H groups in total. The van der Waals surface area contributed by atoms with Gasteiger partial charge in [0.2, 0.25) is 0 Å². The number of ether oxygens (including phenoxy) is 3. The highest BCUT2D eigenvalue weighted by molar-refractivity contribution is 5.71. The average molecular weight is 1130 g/mol. The zero-order valence-corrected chi connectivity index (χ0v) is 54.1. The molecule has 6 nitrogen and oxygen atoms in total. The third kappa shape index (κ3) is 67.5. The second-order valence-electron chi connectivity index (χ2n) is 23.8. The first kappa shape index (κ1) is 77.9. The number of allylic oxidation sites excluding steroid dienone is 12. The molecule has 0 aliphatic heterocycles. The van der Waals surface area contributed by atoms with E-state index in [9.17, 15) is 14.4 Å². The van der Waals surface area contributed by atoms with E-state index in [0.29, 0.717) is 19.3 Å². The fraction of sp³-hybridized carbons (Fsp3) is 0.800. The highest BCUT2D eigenvalue weighted by atomic mass is 16.6. The molecule has 6 heteroatoms.